The molecule has 1 saturated carbocycles. The molecule has 2 aliphatic rings. The van der Waals surface area contributed by atoms with E-state index in [0.29, 0.717) is 24.0 Å². The molecule has 1 saturated heterocycles. The lowest BCUT2D eigenvalue weighted by Crippen LogP contribution is -2.41. The van der Waals surface area contributed by atoms with Gasteiger partial charge in [-0.25, -0.2) is 8.91 Å². The summed E-state index contributed by atoms with van der Waals surface area (Å²) in [5, 5.41) is 7.55. The van der Waals surface area contributed by atoms with Gasteiger partial charge in [-0.05, 0) is 59.9 Å². The number of hydrogen-bond donors (Lipinski definition) is 2. The molecule has 156 valence electrons. The summed E-state index contributed by atoms with van der Waals surface area (Å²) in [7, 11) is -0.565. The molecule has 2 aromatic rings. The molecule has 4 rings (SSSR count). The van der Waals surface area contributed by atoms with E-state index in [0.717, 1.165) is 11.9 Å². The average molecular weight is 402 g/mol. The summed E-state index contributed by atoms with van der Waals surface area (Å²) in [6.07, 6.45) is 5.17. The molecule has 2 fully saturated rings. The zero-order valence-corrected chi connectivity index (χ0v) is 17.6. The van der Waals surface area contributed by atoms with Crippen molar-refractivity contribution >= 4 is 29.7 Å². The highest BCUT2D eigenvalue weighted by atomic mass is 19.1. The molecule has 3 N–H and O–H groups in total. The minimum absolute atomic E-state index is 0.235. The van der Waals surface area contributed by atoms with Gasteiger partial charge in [0, 0.05) is 11.7 Å². The molecule has 3 heterocycles. The topological polar surface area (TPSA) is 90.9 Å². The summed E-state index contributed by atoms with van der Waals surface area (Å²) in [5.41, 5.74) is 5.41. The van der Waals surface area contributed by atoms with Gasteiger partial charge in [-0.15, -0.1) is 0 Å². The lowest BCUT2D eigenvalue weighted by atomic mass is 9.81. The number of carbonyl (C=O) groups excluding carboxylic acids is 1. The highest BCUT2D eigenvalue weighted by molar-refractivity contribution is 6.62. The highest BCUT2D eigenvalue weighted by Gasteiger charge is 2.52. The highest BCUT2D eigenvalue weighted by Crippen LogP contribution is 2.38. The Balaban J connectivity index is 1.76. The normalized spacial score (nSPS) is 28.2. The Morgan fingerprint density at radius 1 is 1.31 bits per heavy atom. The number of hydrogen-bond acceptors (Lipinski definition) is 5. The molecule has 1 aliphatic heterocycles. The van der Waals surface area contributed by atoms with Crippen LogP contribution in [-0.4, -0.2) is 45.6 Å². The summed E-state index contributed by atoms with van der Waals surface area (Å²) in [6, 6.07) is 1.45. The molecule has 9 heteroatoms. The molecule has 0 spiro atoms. The number of halogens is 1. The van der Waals surface area contributed by atoms with Gasteiger partial charge >= 0.3 is 7.12 Å². The molecular weight excluding hydrogens is 374 g/mol. The van der Waals surface area contributed by atoms with E-state index in [1.165, 1.54) is 6.20 Å². The quantitative estimate of drug-likeness (QED) is 0.767. The third kappa shape index (κ3) is 3.30. The first-order valence-corrected chi connectivity index (χ1v) is 10.0. The zero-order valence-electron chi connectivity index (χ0n) is 17.6. The number of nitrogens with zero attached hydrogens (tertiary/aromatic N) is 2. The Labute approximate surface area is 170 Å². The van der Waals surface area contributed by atoms with Crippen molar-refractivity contribution in [2.75, 3.05) is 5.32 Å². The predicted molar refractivity (Wildman–Crippen MR) is 110 cm³/mol. The minimum Gasteiger partial charge on any atom is -0.399 e. The Morgan fingerprint density at radius 2 is 1.97 bits per heavy atom. The molecule has 1 aliphatic carbocycles. The molecule has 0 unspecified atom stereocenters. The van der Waals surface area contributed by atoms with E-state index < -0.39 is 35.9 Å². The van der Waals surface area contributed by atoms with E-state index in [4.69, 9.17) is 15.0 Å². The van der Waals surface area contributed by atoms with Crippen LogP contribution in [0.3, 0.4) is 0 Å². The van der Waals surface area contributed by atoms with Crippen LogP contribution in [0.2, 0.25) is 0 Å². The SMILES string of the molecule is CC1(C)OB(c2cc3c(N[C@@H]4CCC[C@@]4(C)F)c(C(N)=O)cnn3c2)OC1(C)C. The van der Waals surface area contributed by atoms with Crippen molar-refractivity contribution in [2.45, 2.75) is 76.8 Å². The van der Waals surface area contributed by atoms with Crippen molar-refractivity contribution in [2.24, 2.45) is 5.73 Å². The maximum absolute atomic E-state index is 14.9. The van der Waals surface area contributed by atoms with E-state index in [1.807, 2.05) is 33.8 Å². The minimum atomic E-state index is -1.35. The lowest BCUT2D eigenvalue weighted by molar-refractivity contribution is 0.00578. The largest absolute Gasteiger partial charge is 0.496 e. The predicted octanol–water partition coefficient (Wildman–Crippen LogP) is 2.42. The number of nitrogens with one attached hydrogen (secondary N) is 1. The first-order valence-electron chi connectivity index (χ1n) is 10.0. The van der Waals surface area contributed by atoms with Crippen LogP contribution in [0, 0.1) is 0 Å². The second kappa shape index (κ2) is 6.44. The number of fused-ring (bicyclic) bond motifs is 1. The van der Waals surface area contributed by atoms with Gasteiger partial charge in [0.05, 0.1) is 40.2 Å². The van der Waals surface area contributed by atoms with Crippen molar-refractivity contribution < 1.29 is 18.5 Å². The van der Waals surface area contributed by atoms with Crippen molar-refractivity contribution in [3.63, 3.8) is 0 Å². The number of nitrogens with two attached hydrogens (primary N) is 1. The number of rotatable bonds is 4. The van der Waals surface area contributed by atoms with Crippen molar-refractivity contribution in [3.05, 3.63) is 24.0 Å². The summed E-state index contributed by atoms with van der Waals surface area (Å²) < 4.78 is 28.8. The van der Waals surface area contributed by atoms with E-state index in [9.17, 15) is 9.18 Å². The summed E-state index contributed by atoms with van der Waals surface area (Å²) in [6.45, 7) is 9.54. The van der Waals surface area contributed by atoms with Gasteiger partial charge in [0.1, 0.15) is 5.67 Å². The van der Waals surface area contributed by atoms with Gasteiger partial charge in [-0.2, -0.15) is 5.10 Å². The van der Waals surface area contributed by atoms with Crippen LogP contribution in [0.25, 0.3) is 5.52 Å². The third-order valence-electron chi connectivity index (χ3n) is 6.65. The van der Waals surface area contributed by atoms with E-state index in [1.54, 1.807) is 17.6 Å². The lowest BCUT2D eigenvalue weighted by Gasteiger charge is -2.32. The molecule has 0 aromatic carbocycles. The molecule has 0 radical (unpaired) electrons. The monoisotopic (exact) mass is 402 g/mol. The number of primary amides is 1. The summed E-state index contributed by atoms with van der Waals surface area (Å²) in [5.74, 6) is -0.612. The van der Waals surface area contributed by atoms with Gasteiger partial charge in [-0.3, -0.25) is 4.79 Å². The molecule has 29 heavy (non-hydrogen) atoms. The molecule has 0 bridgehead atoms. The fourth-order valence-electron chi connectivity index (χ4n) is 4.05. The van der Waals surface area contributed by atoms with Crippen LogP contribution in [0.4, 0.5) is 10.1 Å². The van der Waals surface area contributed by atoms with Crippen LogP contribution in [0.5, 0.6) is 0 Å². The first kappa shape index (κ1) is 20.2. The van der Waals surface area contributed by atoms with Crippen LogP contribution in [-0.2, 0) is 9.31 Å². The van der Waals surface area contributed by atoms with Crippen molar-refractivity contribution in [1.29, 1.82) is 0 Å². The van der Waals surface area contributed by atoms with E-state index >= 15 is 0 Å². The average Bonchev–Trinajstić information content (AvgIpc) is 3.22. The number of amides is 1. The van der Waals surface area contributed by atoms with E-state index in [-0.39, 0.29) is 5.56 Å². The van der Waals surface area contributed by atoms with Gasteiger partial charge in [0.25, 0.3) is 5.91 Å². The van der Waals surface area contributed by atoms with Crippen molar-refractivity contribution in [3.8, 4) is 0 Å². The maximum atomic E-state index is 14.9. The fraction of sp³-hybridized carbons (Fsp3) is 0.600. The maximum Gasteiger partial charge on any atom is 0.496 e. The summed E-state index contributed by atoms with van der Waals surface area (Å²) >= 11 is 0. The Kier molecular flexibility index (Phi) is 4.47. The zero-order chi connectivity index (χ0) is 21.2. The van der Waals surface area contributed by atoms with E-state index in [2.05, 4.69) is 10.4 Å². The van der Waals surface area contributed by atoms with Crippen LogP contribution in [0.15, 0.2) is 18.5 Å². The molecular formula is C20H28BFN4O3. The van der Waals surface area contributed by atoms with Crippen molar-refractivity contribution in [1.82, 2.24) is 9.61 Å². The number of alkyl halides is 1. The van der Waals surface area contributed by atoms with Gasteiger partial charge < -0.3 is 20.4 Å². The Bertz CT molecular complexity index is 956. The van der Waals surface area contributed by atoms with Crippen LogP contribution < -0.4 is 16.5 Å². The van der Waals surface area contributed by atoms with Crippen LogP contribution in [0.1, 0.15) is 64.2 Å². The van der Waals surface area contributed by atoms with Gasteiger partial charge in [0.15, 0.2) is 0 Å². The number of anilines is 1. The Morgan fingerprint density at radius 3 is 2.52 bits per heavy atom. The van der Waals surface area contributed by atoms with Crippen LogP contribution >= 0.6 is 0 Å². The second-order valence-corrected chi connectivity index (χ2v) is 9.36. The smallest absolute Gasteiger partial charge is 0.399 e. The Hall–Kier alpha value is -2.13. The fourth-order valence-corrected chi connectivity index (χ4v) is 4.05. The number of carbonyl (C=O) groups is 1. The van der Waals surface area contributed by atoms with Gasteiger partial charge in [0.2, 0.25) is 0 Å². The number of aromatic nitrogens is 2. The third-order valence-corrected chi connectivity index (χ3v) is 6.65. The van der Waals surface area contributed by atoms with Gasteiger partial charge in [-0.1, -0.05) is 0 Å². The standard InChI is InChI=1S/C20H28BFN4O3/c1-18(2)19(3,4)29-21(28-18)12-9-14-16(25-15-7-6-8-20(15,5)22)13(17(23)27)10-24-26(14)11-12/h9-11,15,25H,6-8H2,1-5H3,(H2,23,27)/t15-,20-/m1/s1. The second-order valence-electron chi connectivity index (χ2n) is 9.36. The summed E-state index contributed by atoms with van der Waals surface area (Å²) in [4.78, 5) is 12.0. The molecule has 7 nitrogen and oxygen atoms in total. The first-order chi connectivity index (χ1) is 13.4. The molecule has 2 aromatic heterocycles. The molecule has 2 atom stereocenters. The molecule has 1 amide bonds.